The summed E-state index contributed by atoms with van der Waals surface area (Å²) in [6.45, 7) is 7.81. The summed E-state index contributed by atoms with van der Waals surface area (Å²) in [5.41, 5.74) is 7.93. The molecule has 0 unspecified atom stereocenters. The monoisotopic (exact) mass is 405 g/mol. The SMILES string of the molecule is C=C(C)CN=C(N)NC[C@@H]1CCO[C@H]1c1ccnn1C.I. The van der Waals surface area contributed by atoms with Crippen LogP contribution in [0.4, 0.5) is 0 Å². The molecule has 7 heteroatoms. The first-order chi connectivity index (χ1) is 9.58. The number of hydrogen-bond donors (Lipinski definition) is 2. The van der Waals surface area contributed by atoms with Gasteiger partial charge < -0.3 is 15.8 Å². The molecule has 21 heavy (non-hydrogen) atoms. The standard InChI is InChI=1S/C14H23N5O.HI/c1-10(2)8-16-14(15)17-9-11-5-7-20-13(11)12-4-6-18-19(12)3;/h4,6,11,13H,1,5,7-9H2,2-3H3,(H3,15,16,17);1H/t11-,13+;/m0./s1. The number of halogens is 1. The Hall–Kier alpha value is -1.09. The van der Waals surface area contributed by atoms with Crippen molar-refractivity contribution in [3.05, 3.63) is 30.1 Å². The molecule has 0 aliphatic carbocycles. The molecule has 1 saturated heterocycles. The molecule has 0 bridgehead atoms. The van der Waals surface area contributed by atoms with Crippen molar-refractivity contribution in [2.45, 2.75) is 19.4 Å². The molecule has 2 rings (SSSR count). The molecule has 1 fully saturated rings. The zero-order valence-electron chi connectivity index (χ0n) is 12.6. The summed E-state index contributed by atoms with van der Waals surface area (Å²) < 4.78 is 7.69. The number of nitrogens with one attached hydrogen (secondary N) is 1. The molecule has 0 spiro atoms. The van der Waals surface area contributed by atoms with Gasteiger partial charge in [-0.15, -0.1) is 24.0 Å². The molecule has 0 amide bonds. The third-order valence-corrected chi connectivity index (χ3v) is 3.43. The van der Waals surface area contributed by atoms with E-state index in [1.807, 2.05) is 24.7 Å². The van der Waals surface area contributed by atoms with Crippen LogP contribution < -0.4 is 11.1 Å². The highest BCUT2D eigenvalue weighted by Gasteiger charge is 2.31. The molecular weight excluding hydrogens is 381 g/mol. The Bertz CT molecular complexity index is 499. The Labute approximate surface area is 142 Å². The smallest absolute Gasteiger partial charge is 0.188 e. The first-order valence-electron chi connectivity index (χ1n) is 6.85. The van der Waals surface area contributed by atoms with Crippen molar-refractivity contribution in [2.75, 3.05) is 19.7 Å². The minimum absolute atomic E-state index is 0. The predicted molar refractivity (Wildman–Crippen MR) is 94.7 cm³/mol. The summed E-state index contributed by atoms with van der Waals surface area (Å²) in [7, 11) is 1.93. The van der Waals surface area contributed by atoms with E-state index in [1.165, 1.54) is 0 Å². The van der Waals surface area contributed by atoms with Crippen molar-refractivity contribution in [1.29, 1.82) is 0 Å². The van der Waals surface area contributed by atoms with Gasteiger partial charge in [0, 0.05) is 32.3 Å². The highest BCUT2D eigenvalue weighted by atomic mass is 127. The van der Waals surface area contributed by atoms with Crippen LogP contribution in [-0.2, 0) is 11.8 Å². The summed E-state index contributed by atoms with van der Waals surface area (Å²) in [5, 5.41) is 7.37. The van der Waals surface area contributed by atoms with Crippen molar-refractivity contribution >= 4 is 29.9 Å². The molecule has 0 saturated carbocycles. The van der Waals surface area contributed by atoms with E-state index in [-0.39, 0.29) is 30.1 Å². The van der Waals surface area contributed by atoms with Gasteiger partial charge in [-0.3, -0.25) is 4.68 Å². The van der Waals surface area contributed by atoms with Gasteiger partial charge in [0.2, 0.25) is 0 Å². The molecule has 6 nitrogen and oxygen atoms in total. The Morgan fingerprint density at radius 2 is 2.43 bits per heavy atom. The lowest BCUT2D eigenvalue weighted by atomic mass is 9.99. The number of nitrogens with two attached hydrogens (primary N) is 1. The molecule has 0 radical (unpaired) electrons. The fraction of sp³-hybridized carbons (Fsp3) is 0.571. The van der Waals surface area contributed by atoms with Gasteiger partial charge in [-0.1, -0.05) is 12.2 Å². The third kappa shape index (κ3) is 4.99. The van der Waals surface area contributed by atoms with Crippen LogP contribution in [0.3, 0.4) is 0 Å². The number of aryl methyl sites for hydroxylation is 1. The number of nitrogens with zero attached hydrogens (tertiary/aromatic N) is 3. The Balaban J connectivity index is 0.00000220. The second-order valence-corrected chi connectivity index (χ2v) is 5.26. The van der Waals surface area contributed by atoms with Gasteiger partial charge in [-0.25, -0.2) is 4.99 Å². The van der Waals surface area contributed by atoms with E-state index >= 15 is 0 Å². The van der Waals surface area contributed by atoms with Crippen LogP contribution in [0.2, 0.25) is 0 Å². The predicted octanol–water partition coefficient (Wildman–Crippen LogP) is 1.60. The first kappa shape index (κ1) is 18.0. The fourth-order valence-corrected chi connectivity index (χ4v) is 2.34. The van der Waals surface area contributed by atoms with Crippen molar-refractivity contribution in [1.82, 2.24) is 15.1 Å². The van der Waals surface area contributed by atoms with Crippen LogP contribution >= 0.6 is 24.0 Å². The summed E-state index contributed by atoms with van der Waals surface area (Å²) in [6, 6.07) is 2.00. The third-order valence-electron chi connectivity index (χ3n) is 3.43. The van der Waals surface area contributed by atoms with E-state index in [1.54, 1.807) is 6.20 Å². The normalized spacial score (nSPS) is 21.9. The van der Waals surface area contributed by atoms with Gasteiger partial charge in [0.25, 0.3) is 0 Å². The Kier molecular flexibility index (Phi) is 7.16. The second-order valence-electron chi connectivity index (χ2n) is 5.26. The van der Waals surface area contributed by atoms with Crippen LogP contribution in [0.5, 0.6) is 0 Å². The molecule has 3 N–H and O–H groups in total. The maximum atomic E-state index is 5.83. The molecule has 118 valence electrons. The van der Waals surface area contributed by atoms with E-state index in [0.29, 0.717) is 18.4 Å². The molecular formula is C14H24IN5O. The van der Waals surface area contributed by atoms with Gasteiger partial charge in [0.05, 0.1) is 12.2 Å². The average Bonchev–Trinajstić information content (AvgIpc) is 3.01. The number of ether oxygens (including phenoxy) is 1. The molecule has 2 heterocycles. The molecule has 1 aliphatic rings. The molecule has 0 aromatic carbocycles. The van der Waals surface area contributed by atoms with Crippen molar-refractivity contribution in [3.63, 3.8) is 0 Å². The van der Waals surface area contributed by atoms with Gasteiger partial charge in [-0.05, 0) is 19.4 Å². The lowest BCUT2D eigenvalue weighted by Gasteiger charge is -2.19. The molecule has 1 aromatic rings. The number of aliphatic imine (C=N–C) groups is 1. The van der Waals surface area contributed by atoms with Crippen LogP contribution in [0.25, 0.3) is 0 Å². The van der Waals surface area contributed by atoms with Crippen LogP contribution in [0.15, 0.2) is 29.4 Å². The molecule has 2 atom stereocenters. The first-order valence-corrected chi connectivity index (χ1v) is 6.85. The topological polar surface area (TPSA) is 77.5 Å². The highest BCUT2D eigenvalue weighted by Crippen LogP contribution is 2.33. The average molecular weight is 405 g/mol. The lowest BCUT2D eigenvalue weighted by molar-refractivity contribution is 0.0848. The number of guanidine groups is 1. The zero-order valence-corrected chi connectivity index (χ0v) is 14.9. The van der Waals surface area contributed by atoms with Crippen LogP contribution in [0, 0.1) is 5.92 Å². The van der Waals surface area contributed by atoms with Crippen LogP contribution in [-0.4, -0.2) is 35.4 Å². The molecule has 1 aliphatic heterocycles. The quantitative estimate of drug-likeness (QED) is 0.338. The summed E-state index contributed by atoms with van der Waals surface area (Å²) in [6.07, 6.45) is 2.88. The van der Waals surface area contributed by atoms with Gasteiger partial charge in [0.1, 0.15) is 6.10 Å². The van der Waals surface area contributed by atoms with E-state index in [2.05, 4.69) is 22.0 Å². The second kappa shape index (κ2) is 8.38. The minimum Gasteiger partial charge on any atom is -0.372 e. The maximum Gasteiger partial charge on any atom is 0.188 e. The lowest BCUT2D eigenvalue weighted by Crippen LogP contribution is -2.36. The number of rotatable bonds is 5. The van der Waals surface area contributed by atoms with Crippen molar-refractivity contribution < 1.29 is 4.74 Å². The Morgan fingerprint density at radius 3 is 3.05 bits per heavy atom. The van der Waals surface area contributed by atoms with Gasteiger partial charge in [-0.2, -0.15) is 5.10 Å². The zero-order chi connectivity index (χ0) is 14.5. The summed E-state index contributed by atoms with van der Waals surface area (Å²) in [5.74, 6) is 0.840. The fourth-order valence-electron chi connectivity index (χ4n) is 2.34. The van der Waals surface area contributed by atoms with Crippen LogP contribution in [0.1, 0.15) is 25.1 Å². The summed E-state index contributed by atoms with van der Waals surface area (Å²) >= 11 is 0. The number of aromatic nitrogens is 2. The maximum absolute atomic E-state index is 5.83. The van der Waals surface area contributed by atoms with Crippen molar-refractivity contribution in [2.24, 2.45) is 23.7 Å². The van der Waals surface area contributed by atoms with Crippen molar-refractivity contribution in [3.8, 4) is 0 Å². The van der Waals surface area contributed by atoms with E-state index in [4.69, 9.17) is 10.5 Å². The number of hydrogen-bond acceptors (Lipinski definition) is 3. The van der Waals surface area contributed by atoms with Gasteiger partial charge >= 0.3 is 0 Å². The summed E-state index contributed by atoms with van der Waals surface area (Å²) in [4.78, 5) is 4.22. The van der Waals surface area contributed by atoms with E-state index in [9.17, 15) is 0 Å². The Morgan fingerprint density at radius 1 is 1.67 bits per heavy atom. The minimum atomic E-state index is 0. The van der Waals surface area contributed by atoms with E-state index < -0.39 is 0 Å². The molecule has 1 aromatic heterocycles. The van der Waals surface area contributed by atoms with Gasteiger partial charge in [0.15, 0.2) is 5.96 Å². The van der Waals surface area contributed by atoms with E-state index in [0.717, 1.165) is 30.8 Å². The highest BCUT2D eigenvalue weighted by molar-refractivity contribution is 14.0. The largest absolute Gasteiger partial charge is 0.372 e.